The van der Waals surface area contributed by atoms with Gasteiger partial charge in [-0.3, -0.25) is 5.32 Å². The number of hydrogen-bond donors (Lipinski definition) is 1. The average molecular weight is 348 g/mol. The molecule has 1 amide bonds. The first kappa shape index (κ1) is 16.4. The van der Waals surface area contributed by atoms with Crippen LogP contribution in [0.4, 0.5) is 14.9 Å². The lowest BCUT2D eigenvalue weighted by Gasteiger charge is -2.20. The highest BCUT2D eigenvalue weighted by Crippen LogP contribution is 2.27. The van der Waals surface area contributed by atoms with Crippen molar-refractivity contribution < 1.29 is 23.5 Å². The van der Waals surface area contributed by atoms with Gasteiger partial charge in [0.15, 0.2) is 0 Å². The SMILES string of the molecule is COC(=O)c1cc(NC(=O)OC(C)(C)C)c(Br)cc1F. The van der Waals surface area contributed by atoms with Crippen molar-refractivity contribution in [3.05, 3.63) is 28.0 Å². The summed E-state index contributed by atoms with van der Waals surface area (Å²) < 4.78 is 23.4. The molecule has 0 fully saturated rings. The van der Waals surface area contributed by atoms with E-state index in [-0.39, 0.29) is 15.7 Å². The predicted octanol–water partition coefficient (Wildman–Crippen LogP) is 3.72. The van der Waals surface area contributed by atoms with Crippen LogP contribution < -0.4 is 5.32 Å². The van der Waals surface area contributed by atoms with Gasteiger partial charge in [0.05, 0.1) is 18.4 Å². The molecule has 1 rings (SSSR count). The second kappa shape index (κ2) is 6.21. The molecular weight excluding hydrogens is 333 g/mol. The van der Waals surface area contributed by atoms with Crippen LogP contribution in [0.2, 0.25) is 0 Å². The summed E-state index contributed by atoms with van der Waals surface area (Å²) in [4.78, 5) is 23.0. The van der Waals surface area contributed by atoms with Gasteiger partial charge in [-0.1, -0.05) is 0 Å². The van der Waals surface area contributed by atoms with Crippen molar-refractivity contribution in [2.75, 3.05) is 12.4 Å². The van der Waals surface area contributed by atoms with Crippen LogP contribution in [0, 0.1) is 5.82 Å². The number of esters is 1. The number of benzene rings is 1. The molecule has 0 unspecified atom stereocenters. The Morgan fingerprint density at radius 3 is 2.40 bits per heavy atom. The molecule has 0 aliphatic heterocycles. The minimum atomic E-state index is -0.831. The van der Waals surface area contributed by atoms with E-state index in [1.807, 2.05) is 0 Å². The van der Waals surface area contributed by atoms with Gasteiger partial charge in [-0.25, -0.2) is 14.0 Å². The molecule has 0 saturated heterocycles. The van der Waals surface area contributed by atoms with Gasteiger partial charge in [0, 0.05) is 4.47 Å². The van der Waals surface area contributed by atoms with Gasteiger partial charge >= 0.3 is 12.1 Å². The van der Waals surface area contributed by atoms with Crippen molar-refractivity contribution >= 4 is 33.7 Å². The molecule has 0 heterocycles. The number of rotatable bonds is 2. The van der Waals surface area contributed by atoms with Crippen LogP contribution in [0.15, 0.2) is 16.6 Å². The molecule has 1 aromatic rings. The number of ether oxygens (including phenoxy) is 2. The summed E-state index contributed by atoms with van der Waals surface area (Å²) >= 11 is 3.10. The quantitative estimate of drug-likeness (QED) is 0.828. The summed E-state index contributed by atoms with van der Waals surface area (Å²) in [6.07, 6.45) is -0.708. The molecule has 20 heavy (non-hydrogen) atoms. The Bertz CT molecular complexity index is 540. The summed E-state index contributed by atoms with van der Waals surface area (Å²) in [6, 6.07) is 2.24. The topological polar surface area (TPSA) is 64.6 Å². The lowest BCUT2D eigenvalue weighted by Crippen LogP contribution is -2.27. The van der Waals surface area contributed by atoms with Crippen LogP contribution in [-0.2, 0) is 9.47 Å². The van der Waals surface area contributed by atoms with Gasteiger partial charge in [0.1, 0.15) is 11.4 Å². The maximum Gasteiger partial charge on any atom is 0.412 e. The van der Waals surface area contributed by atoms with Crippen molar-refractivity contribution in [1.29, 1.82) is 0 Å². The lowest BCUT2D eigenvalue weighted by atomic mass is 10.2. The Balaban J connectivity index is 3.01. The molecule has 0 aromatic heterocycles. The van der Waals surface area contributed by atoms with Crippen LogP contribution >= 0.6 is 15.9 Å². The minimum absolute atomic E-state index is 0.209. The van der Waals surface area contributed by atoms with E-state index in [1.54, 1.807) is 20.8 Å². The van der Waals surface area contributed by atoms with Crippen molar-refractivity contribution in [3.8, 4) is 0 Å². The van der Waals surface area contributed by atoms with Gasteiger partial charge in [-0.05, 0) is 48.8 Å². The first-order valence-electron chi connectivity index (χ1n) is 5.71. The predicted molar refractivity (Wildman–Crippen MR) is 75.3 cm³/mol. The number of carbonyl (C=O) groups is 2. The van der Waals surface area contributed by atoms with E-state index in [9.17, 15) is 14.0 Å². The minimum Gasteiger partial charge on any atom is -0.465 e. The zero-order chi connectivity index (χ0) is 15.5. The molecule has 0 bridgehead atoms. The van der Waals surface area contributed by atoms with E-state index < -0.39 is 23.5 Å². The van der Waals surface area contributed by atoms with Gasteiger partial charge in [0.25, 0.3) is 0 Å². The molecule has 7 heteroatoms. The van der Waals surface area contributed by atoms with Crippen molar-refractivity contribution in [2.45, 2.75) is 26.4 Å². The molecule has 1 aromatic carbocycles. The molecule has 0 aliphatic carbocycles. The number of amides is 1. The zero-order valence-corrected chi connectivity index (χ0v) is 13.1. The Labute approximate surface area is 124 Å². The Kier molecular flexibility index (Phi) is 5.10. The van der Waals surface area contributed by atoms with Gasteiger partial charge in [-0.15, -0.1) is 0 Å². The highest BCUT2D eigenvalue weighted by Gasteiger charge is 2.20. The number of hydrogen-bond acceptors (Lipinski definition) is 4. The fourth-order valence-corrected chi connectivity index (χ4v) is 1.74. The number of anilines is 1. The monoisotopic (exact) mass is 347 g/mol. The van der Waals surface area contributed by atoms with Crippen LogP contribution in [-0.4, -0.2) is 24.8 Å². The third-order valence-corrected chi connectivity index (χ3v) is 2.75. The second-order valence-electron chi connectivity index (χ2n) is 4.93. The van der Waals surface area contributed by atoms with Crippen molar-refractivity contribution in [3.63, 3.8) is 0 Å². The van der Waals surface area contributed by atoms with E-state index in [1.165, 1.54) is 6.07 Å². The van der Waals surface area contributed by atoms with Crippen molar-refractivity contribution in [1.82, 2.24) is 0 Å². The van der Waals surface area contributed by atoms with E-state index >= 15 is 0 Å². The van der Waals surface area contributed by atoms with E-state index in [0.29, 0.717) is 0 Å². The molecule has 0 radical (unpaired) electrons. The van der Waals surface area contributed by atoms with Crippen LogP contribution in [0.3, 0.4) is 0 Å². The Morgan fingerprint density at radius 2 is 1.90 bits per heavy atom. The molecule has 1 N–H and O–H groups in total. The van der Waals surface area contributed by atoms with Crippen molar-refractivity contribution in [2.24, 2.45) is 0 Å². The van der Waals surface area contributed by atoms with Gasteiger partial charge in [-0.2, -0.15) is 0 Å². The number of methoxy groups -OCH3 is 1. The number of nitrogens with one attached hydrogen (secondary N) is 1. The van der Waals surface area contributed by atoms with E-state index in [0.717, 1.165) is 13.2 Å². The smallest absolute Gasteiger partial charge is 0.412 e. The highest BCUT2D eigenvalue weighted by molar-refractivity contribution is 9.10. The highest BCUT2D eigenvalue weighted by atomic mass is 79.9. The Morgan fingerprint density at radius 1 is 1.30 bits per heavy atom. The molecule has 0 atom stereocenters. The fraction of sp³-hybridized carbons (Fsp3) is 0.385. The van der Waals surface area contributed by atoms with Crippen LogP contribution in [0.25, 0.3) is 0 Å². The Hall–Kier alpha value is -1.63. The molecule has 0 spiro atoms. The van der Waals surface area contributed by atoms with Gasteiger partial charge in [0.2, 0.25) is 0 Å². The summed E-state index contributed by atoms with van der Waals surface area (Å²) in [5.74, 6) is -1.58. The molecule has 0 aliphatic rings. The summed E-state index contributed by atoms with van der Waals surface area (Å²) in [5.41, 5.74) is -0.732. The van der Waals surface area contributed by atoms with E-state index in [4.69, 9.17) is 4.74 Å². The molecule has 110 valence electrons. The number of halogens is 2. The second-order valence-corrected chi connectivity index (χ2v) is 5.78. The maximum absolute atomic E-state index is 13.6. The maximum atomic E-state index is 13.6. The fourth-order valence-electron chi connectivity index (χ4n) is 1.32. The normalized spacial score (nSPS) is 10.9. The van der Waals surface area contributed by atoms with Crippen LogP contribution in [0.5, 0.6) is 0 Å². The van der Waals surface area contributed by atoms with Crippen LogP contribution in [0.1, 0.15) is 31.1 Å². The van der Waals surface area contributed by atoms with Gasteiger partial charge < -0.3 is 9.47 Å². The third kappa shape index (κ3) is 4.48. The molecule has 5 nitrogen and oxygen atoms in total. The average Bonchev–Trinajstić information content (AvgIpc) is 2.29. The first-order valence-corrected chi connectivity index (χ1v) is 6.50. The standard InChI is InChI=1S/C13H15BrFNO4/c1-13(2,3)20-12(18)16-10-5-7(11(17)19-4)9(15)6-8(10)14/h5-6H,1-4H3,(H,16,18). The zero-order valence-electron chi connectivity index (χ0n) is 11.5. The molecule has 0 saturated carbocycles. The largest absolute Gasteiger partial charge is 0.465 e. The third-order valence-electron chi connectivity index (χ3n) is 2.10. The summed E-state index contributed by atoms with van der Waals surface area (Å²) in [5, 5.41) is 2.43. The first-order chi connectivity index (χ1) is 9.14. The molecular formula is C13H15BrFNO4. The van der Waals surface area contributed by atoms with E-state index in [2.05, 4.69) is 26.0 Å². The number of carbonyl (C=O) groups excluding carboxylic acids is 2. The summed E-state index contributed by atoms with van der Waals surface area (Å²) in [7, 11) is 1.14. The summed E-state index contributed by atoms with van der Waals surface area (Å²) in [6.45, 7) is 5.14. The lowest BCUT2D eigenvalue weighted by molar-refractivity contribution is 0.0591.